The van der Waals surface area contributed by atoms with Crippen molar-refractivity contribution >= 4 is 17.3 Å². The van der Waals surface area contributed by atoms with Gasteiger partial charge in [0.25, 0.3) is 11.6 Å². The molecule has 1 aromatic carbocycles. The maximum Gasteiger partial charge on any atom is 0.270 e. The lowest BCUT2D eigenvalue weighted by Gasteiger charge is -2.25. The van der Waals surface area contributed by atoms with Crippen molar-refractivity contribution < 1.29 is 9.72 Å². The first-order valence-corrected chi connectivity index (χ1v) is 8.57. The van der Waals surface area contributed by atoms with Crippen LogP contribution in [0.25, 0.3) is 0 Å². The van der Waals surface area contributed by atoms with Crippen molar-refractivity contribution in [2.75, 3.05) is 51.2 Å². The fraction of sp³-hybridized carbons (Fsp3) is 0.588. The van der Waals surface area contributed by atoms with E-state index in [9.17, 15) is 14.9 Å². The molecule has 0 spiro atoms. The smallest absolute Gasteiger partial charge is 0.270 e. The summed E-state index contributed by atoms with van der Waals surface area (Å²) in [5.41, 5.74) is 1.28. The molecule has 24 heavy (non-hydrogen) atoms. The predicted molar refractivity (Wildman–Crippen MR) is 92.6 cm³/mol. The van der Waals surface area contributed by atoms with Crippen molar-refractivity contribution in [1.82, 2.24) is 9.80 Å². The molecule has 2 saturated heterocycles. The maximum absolute atomic E-state index is 13.1. The molecule has 1 aromatic rings. The van der Waals surface area contributed by atoms with E-state index in [0.29, 0.717) is 18.7 Å². The van der Waals surface area contributed by atoms with E-state index in [1.165, 1.54) is 12.1 Å². The molecule has 3 rings (SSSR count). The third kappa shape index (κ3) is 3.51. The van der Waals surface area contributed by atoms with Gasteiger partial charge in [0, 0.05) is 44.9 Å². The van der Waals surface area contributed by atoms with Gasteiger partial charge in [-0.2, -0.15) is 0 Å². The van der Waals surface area contributed by atoms with Crippen molar-refractivity contribution in [3.8, 4) is 0 Å². The number of carbonyl (C=O) groups excluding carboxylic acids is 1. The Hall–Kier alpha value is -2.15. The first-order chi connectivity index (χ1) is 11.6. The van der Waals surface area contributed by atoms with Crippen molar-refractivity contribution in [3.05, 3.63) is 33.9 Å². The third-order valence-corrected chi connectivity index (χ3v) is 4.87. The van der Waals surface area contributed by atoms with Gasteiger partial charge in [-0.05, 0) is 38.9 Å². The number of anilines is 1. The van der Waals surface area contributed by atoms with Gasteiger partial charge in [0.15, 0.2) is 0 Å². The van der Waals surface area contributed by atoms with Gasteiger partial charge in [-0.25, -0.2) is 0 Å². The molecule has 0 N–H and O–H groups in total. The van der Waals surface area contributed by atoms with E-state index in [0.717, 1.165) is 51.1 Å². The summed E-state index contributed by atoms with van der Waals surface area (Å²) in [5, 5.41) is 11.1. The van der Waals surface area contributed by atoms with Crippen LogP contribution >= 0.6 is 0 Å². The summed E-state index contributed by atoms with van der Waals surface area (Å²) in [6.07, 6.45) is 3.12. The number of hydrogen-bond acceptors (Lipinski definition) is 5. The molecular formula is C17H24N4O3. The van der Waals surface area contributed by atoms with Crippen LogP contribution in [0.5, 0.6) is 0 Å². The number of nitrogens with zero attached hydrogens (tertiary/aromatic N) is 4. The molecule has 0 radical (unpaired) electrons. The second-order valence-electron chi connectivity index (χ2n) is 6.60. The molecule has 2 fully saturated rings. The Kier molecular flexibility index (Phi) is 4.99. The van der Waals surface area contributed by atoms with Crippen LogP contribution in [-0.2, 0) is 0 Å². The van der Waals surface area contributed by atoms with E-state index < -0.39 is 4.92 Å². The molecule has 0 bridgehead atoms. The number of likely N-dealkylation sites (N-methyl/N-ethyl adjacent to an activating group) is 1. The summed E-state index contributed by atoms with van der Waals surface area (Å²) in [6, 6.07) is 4.69. The number of rotatable bonds is 3. The molecule has 2 heterocycles. The van der Waals surface area contributed by atoms with Gasteiger partial charge in [0.05, 0.1) is 16.2 Å². The fourth-order valence-corrected chi connectivity index (χ4v) is 3.46. The summed E-state index contributed by atoms with van der Waals surface area (Å²) in [7, 11) is 2.05. The third-order valence-electron chi connectivity index (χ3n) is 4.87. The molecule has 7 heteroatoms. The van der Waals surface area contributed by atoms with Crippen molar-refractivity contribution in [1.29, 1.82) is 0 Å². The van der Waals surface area contributed by atoms with E-state index in [2.05, 4.69) is 16.8 Å². The molecule has 0 unspecified atom stereocenters. The van der Waals surface area contributed by atoms with Gasteiger partial charge >= 0.3 is 0 Å². The summed E-state index contributed by atoms with van der Waals surface area (Å²) >= 11 is 0. The van der Waals surface area contributed by atoms with Gasteiger partial charge in [0.1, 0.15) is 0 Å². The zero-order valence-electron chi connectivity index (χ0n) is 14.1. The zero-order chi connectivity index (χ0) is 17.1. The number of non-ortho nitro benzene ring substituents is 1. The van der Waals surface area contributed by atoms with Gasteiger partial charge < -0.3 is 14.7 Å². The van der Waals surface area contributed by atoms with Crippen LogP contribution < -0.4 is 4.90 Å². The van der Waals surface area contributed by atoms with Crippen LogP contribution in [0.1, 0.15) is 29.6 Å². The van der Waals surface area contributed by atoms with Crippen LogP contribution in [0.15, 0.2) is 18.2 Å². The second kappa shape index (κ2) is 7.17. The SMILES string of the molecule is CN1CCCN(C(=O)c2cc([N+](=O)[O-])ccc2N2CCCC2)CC1. The minimum Gasteiger partial charge on any atom is -0.371 e. The molecule has 130 valence electrons. The van der Waals surface area contributed by atoms with Gasteiger partial charge in [0.2, 0.25) is 0 Å². The van der Waals surface area contributed by atoms with Gasteiger partial charge in [-0.15, -0.1) is 0 Å². The topological polar surface area (TPSA) is 69.9 Å². The van der Waals surface area contributed by atoms with E-state index in [1.54, 1.807) is 6.07 Å². The van der Waals surface area contributed by atoms with Crippen molar-refractivity contribution in [3.63, 3.8) is 0 Å². The molecular weight excluding hydrogens is 308 g/mol. The van der Waals surface area contributed by atoms with Crippen molar-refractivity contribution in [2.45, 2.75) is 19.3 Å². The quantitative estimate of drug-likeness (QED) is 0.625. The van der Waals surface area contributed by atoms with E-state index in [-0.39, 0.29) is 11.6 Å². The lowest BCUT2D eigenvalue weighted by Crippen LogP contribution is -2.35. The molecule has 0 saturated carbocycles. The minimum absolute atomic E-state index is 0.0202. The molecule has 1 amide bonds. The first-order valence-electron chi connectivity index (χ1n) is 8.57. The lowest BCUT2D eigenvalue weighted by atomic mass is 10.1. The largest absolute Gasteiger partial charge is 0.371 e. The van der Waals surface area contributed by atoms with E-state index >= 15 is 0 Å². The standard InChI is InChI=1S/C17H24N4O3/c1-18-7-4-10-20(12-11-18)17(22)15-13-14(21(23)24)5-6-16(15)19-8-2-3-9-19/h5-6,13H,2-4,7-12H2,1H3. The summed E-state index contributed by atoms with van der Waals surface area (Å²) in [5.74, 6) is -0.0871. The normalized spacial score (nSPS) is 19.4. The number of nitro benzene ring substituents is 1. The monoisotopic (exact) mass is 332 g/mol. The number of carbonyl (C=O) groups is 1. The van der Waals surface area contributed by atoms with Gasteiger partial charge in [-0.1, -0.05) is 0 Å². The minimum atomic E-state index is -0.430. The number of hydrogen-bond donors (Lipinski definition) is 0. The summed E-state index contributed by atoms with van der Waals surface area (Å²) in [4.78, 5) is 30.0. The zero-order valence-corrected chi connectivity index (χ0v) is 14.1. The Morgan fingerprint density at radius 2 is 1.79 bits per heavy atom. The lowest BCUT2D eigenvalue weighted by molar-refractivity contribution is -0.384. The maximum atomic E-state index is 13.1. The van der Waals surface area contributed by atoms with Crippen LogP contribution in [0.2, 0.25) is 0 Å². The van der Waals surface area contributed by atoms with Gasteiger partial charge in [-0.3, -0.25) is 14.9 Å². The average molecular weight is 332 g/mol. The first kappa shape index (κ1) is 16.7. The molecule has 0 atom stereocenters. The number of amides is 1. The Morgan fingerprint density at radius 3 is 2.50 bits per heavy atom. The van der Waals surface area contributed by atoms with Crippen molar-refractivity contribution in [2.24, 2.45) is 0 Å². The Morgan fingerprint density at radius 1 is 1.04 bits per heavy atom. The highest BCUT2D eigenvalue weighted by Crippen LogP contribution is 2.29. The Labute approximate surface area is 142 Å². The Bertz CT molecular complexity index is 628. The molecule has 2 aliphatic rings. The predicted octanol–water partition coefficient (Wildman–Crippen LogP) is 1.97. The number of nitro groups is 1. The average Bonchev–Trinajstić information content (AvgIpc) is 3.02. The van der Waals surface area contributed by atoms with E-state index in [4.69, 9.17) is 0 Å². The molecule has 7 nitrogen and oxygen atoms in total. The van der Waals surface area contributed by atoms with Crippen LogP contribution in [-0.4, -0.2) is 66.9 Å². The fourth-order valence-electron chi connectivity index (χ4n) is 3.46. The van der Waals surface area contributed by atoms with Crippen LogP contribution in [0, 0.1) is 10.1 Å². The molecule has 0 aromatic heterocycles. The second-order valence-corrected chi connectivity index (χ2v) is 6.60. The molecule has 2 aliphatic heterocycles. The molecule has 0 aliphatic carbocycles. The highest BCUT2D eigenvalue weighted by atomic mass is 16.6. The number of benzene rings is 1. The highest BCUT2D eigenvalue weighted by Gasteiger charge is 2.26. The van der Waals surface area contributed by atoms with Crippen LogP contribution in [0.4, 0.5) is 11.4 Å². The highest BCUT2D eigenvalue weighted by molar-refractivity contribution is 6.00. The van der Waals surface area contributed by atoms with Crippen LogP contribution in [0.3, 0.4) is 0 Å². The summed E-state index contributed by atoms with van der Waals surface area (Å²) in [6.45, 7) is 4.97. The Balaban J connectivity index is 1.92. The summed E-state index contributed by atoms with van der Waals surface area (Å²) < 4.78 is 0. The van der Waals surface area contributed by atoms with E-state index in [1.807, 2.05) is 4.90 Å².